The van der Waals surface area contributed by atoms with E-state index in [1.807, 2.05) is 0 Å². The Hall–Kier alpha value is -0.800. The largest absolute Gasteiger partial charge is 0.444 e. The van der Waals surface area contributed by atoms with E-state index < -0.39 is 22.9 Å². The van der Waals surface area contributed by atoms with Crippen LogP contribution in [0.2, 0.25) is 0 Å². The lowest BCUT2D eigenvalue weighted by Gasteiger charge is -2.29. The van der Waals surface area contributed by atoms with Gasteiger partial charge in [-0.05, 0) is 47.5 Å². The Morgan fingerprint density at radius 3 is 2.00 bits per heavy atom. The number of amides is 1. The quantitative estimate of drug-likeness (QED) is 0.772. The van der Waals surface area contributed by atoms with Crippen molar-refractivity contribution in [1.29, 1.82) is 0 Å². The third kappa shape index (κ3) is 3.08. The molecule has 0 saturated heterocycles. The Labute approximate surface area is 90.4 Å². The lowest BCUT2D eigenvalue weighted by molar-refractivity contribution is 0.0394. The molecule has 0 aliphatic heterocycles. The van der Waals surface area contributed by atoms with Crippen LogP contribution in [0.25, 0.3) is 0 Å². The normalized spacial score (nSPS) is 19.6. The number of alkyl halides is 1. The number of ether oxygens (including phenoxy) is 1. The average Bonchev–Trinajstić information content (AvgIpc) is 2.61. The van der Waals surface area contributed by atoms with Gasteiger partial charge in [0.25, 0.3) is 0 Å². The highest BCUT2D eigenvalue weighted by atomic mass is 19.1. The van der Waals surface area contributed by atoms with E-state index in [2.05, 4.69) is 5.32 Å². The summed E-state index contributed by atoms with van der Waals surface area (Å²) in [6.45, 7) is 8.32. The van der Waals surface area contributed by atoms with Crippen molar-refractivity contribution in [3.05, 3.63) is 0 Å². The maximum absolute atomic E-state index is 13.8. The van der Waals surface area contributed by atoms with Crippen LogP contribution in [-0.2, 0) is 4.74 Å². The molecule has 0 atom stereocenters. The number of rotatable bonds is 2. The lowest BCUT2D eigenvalue weighted by Crippen LogP contribution is -2.50. The van der Waals surface area contributed by atoms with Crippen molar-refractivity contribution < 1.29 is 13.9 Å². The van der Waals surface area contributed by atoms with Crippen molar-refractivity contribution in [1.82, 2.24) is 5.32 Å². The minimum Gasteiger partial charge on any atom is -0.444 e. The molecular weight excluding hydrogens is 197 g/mol. The first-order valence-electron chi connectivity index (χ1n) is 5.26. The second-order valence-electron chi connectivity index (χ2n) is 5.68. The molecule has 0 radical (unpaired) electrons. The van der Waals surface area contributed by atoms with Crippen LogP contribution in [0.3, 0.4) is 0 Å². The molecule has 0 spiro atoms. The van der Waals surface area contributed by atoms with E-state index in [9.17, 15) is 9.18 Å². The summed E-state index contributed by atoms with van der Waals surface area (Å²) in [5, 5.41) is 2.63. The van der Waals surface area contributed by atoms with Gasteiger partial charge in [0.2, 0.25) is 0 Å². The van der Waals surface area contributed by atoms with Gasteiger partial charge < -0.3 is 10.1 Å². The smallest absolute Gasteiger partial charge is 0.408 e. The molecule has 4 heteroatoms. The van der Waals surface area contributed by atoms with Crippen molar-refractivity contribution >= 4 is 6.09 Å². The first-order valence-corrected chi connectivity index (χ1v) is 5.26. The van der Waals surface area contributed by atoms with Crippen molar-refractivity contribution in [3.8, 4) is 0 Å². The third-order valence-corrected chi connectivity index (χ3v) is 2.63. The number of alkyl carbamates (subject to hydrolysis) is 1. The summed E-state index contributed by atoms with van der Waals surface area (Å²) in [6, 6.07) is 0. The summed E-state index contributed by atoms with van der Waals surface area (Å²) in [7, 11) is 0. The standard InChI is InChI=1S/C11H20FNO2/c1-9(2,3)15-8(14)13-11(6-7-11)10(4,5)12/h6-7H2,1-5H3,(H,13,14). The van der Waals surface area contributed by atoms with E-state index in [-0.39, 0.29) is 0 Å². The summed E-state index contributed by atoms with van der Waals surface area (Å²) >= 11 is 0. The van der Waals surface area contributed by atoms with Gasteiger partial charge in [0.1, 0.15) is 11.3 Å². The predicted molar refractivity (Wildman–Crippen MR) is 56.5 cm³/mol. The van der Waals surface area contributed by atoms with Gasteiger partial charge in [-0.1, -0.05) is 0 Å². The number of nitrogens with one attached hydrogen (secondary N) is 1. The van der Waals surface area contributed by atoms with Crippen molar-refractivity contribution in [2.75, 3.05) is 0 Å². The highest BCUT2D eigenvalue weighted by Gasteiger charge is 2.56. The molecule has 1 fully saturated rings. The van der Waals surface area contributed by atoms with E-state index in [4.69, 9.17) is 4.74 Å². The Balaban J connectivity index is 2.53. The zero-order valence-corrected chi connectivity index (χ0v) is 10.1. The first kappa shape index (κ1) is 12.3. The molecule has 0 bridgehead atoms. The van der Waals surface area contributed by atoms with Crippen LogP contribution < -0.4 is 5.32 Å². The van der Waals surface area contributed by atoms with E-state index in [0.717, 1.165) is 0 Å². The molecule has 0 aromatic carbocycles. The van der Waals surface area contributed by atoms with Crippen LogP contribution in [0.1, 0.15) is 47.5 Å². The van der Waals surface area contributed by atoms with Crippen LogP contribution in [0.5, 0.6) is 0 Å². The maximum atomic E-state index is 13.8. The second-order valence-corrected chi connectivity index (χ2v) is 5.68. The Kier molecular flexibility index (Phi) is 2.74. The van der Waals surface area contributed by atoms with Crippen molar-refractivity contribution in [2.45, 2.75) is 64.3 Å². The van der Waals surface area contributed by atoms with Crippen molar-refractivity contribution in [3.63, 3.8) is 0 Å². The molecule has 88 valence electrons. The molecule has 1 aliphatic carbocycles. The first-order chi connectivity index (χ1) is 6.56. The summed E-state index contributed by atoms with van der Waals surface area (Å²) in [4.78, 5) is 11.5. The molecule has 1 N–H and O–H groups in total. The van der Waals surface area contributed by atoms with Gasteiger partial charge in [0.15, 0.2) is 0 Å². The molecular formula is C11H20FNO2. The Morgan fingerprint density at radius 1 is 1.27 bits per heavy atom. The van der Waals surface area contributed by atoms with Crippen LogP contribution in [0.4, 0.5) is 9.18 Å². The molecule has 1 aliphatic rings. The van der Waals surface area contributed by atoms with E-state index >= 15 is 0 Å². The molecule has 3 nitrogen and oxygen atoms in total. The Morgan fingerprint density at radius 2 is 1.73 bits per heavy atom. The van der Waals surface area contributed by atoms with E-state index in [1.165, 1.54) is 13.8 Å². The minimum absolute atomic E-state index is 0.536. The highest BCUT2D eigenvalue weighted by Crippen LogP contribution is 2.46. The molecule has 1 saturated carbocycles. The van der Waals surface area contributed by atoms with Crippen LogP contribution in [-0.4, -0.2) is 22.9 Å². The zero-order chi connectivity index (χ0) is 11.9. The predicted octanol–water partition coefficient (Wildman–Crippen LogP) is 2.79. The fourth-order valence-corrected chi connectivity index (χ4v) is 1.49. The molecule has 1 amide bonds. The van der Waals surface area contributed by atoms with Gasteiger partial charge >= 0.3 is 6.09 Å². The third-order valence-electron chi connectivity index (χ3n) is 2.63. The minimum atomic E-state index is -1.40. The number of hydrogen-bond acceptors (Lipinski definition) is 2. The van der Waals surface area contributed by atoms with E-state index in [0.29, 0.717) is 12.8 Å². The summed E-state index contributed by atoms with van der Waals surface area (Å²) in [5.74, 6) is 0. The molecule has 0 aromatic heterocycles. The second kappa shape index (κ2) is 3.35. The molecule has 0 aromatic rings. The van der Waals surface area contributed by atoms with Gasteiger partial charge in [-0.25, -0.2) is 9.18 Å². The van der Waals surface area contributed by atoms with Gasteiger partial charge in [-0.3, -0.25) is 0 Å². The summed E-state index contributed by atoms with van der Waals surface area (Å²) in [5.41, 5.74) is -2.65. The highest BCUT2D eigenvalue weighted by molar-refractivity contribution is 5.69. The number of hydrogen-bond donors (Lipinski definition) is 1. The van der Waals surface area contributed by atoms with Crippen LogP contribution in [0, 0.1) is 0 Å². The van der Waals surface area contributed by atoms with Gasteiger partial charge in [-0.15, -0.1) is 0 Å². The molecule has 0 unspecified atom stereocenters. The molecule has 0 heterocycles. The molecule has 1 rings (SSSR count). The van der Waals surface area contributed by atoms with Crippen LogP contribution >= 0.6 is 0 Å². The lowest BCUT2D eigenvalue weighted by atomic mass is 9.98. The average molecular weight is 217 g/mol. The fraction of sp³-hybridized carbons (Fsp3) is 0.909. The topological polar surface area (TPSA) is 38.3 Å². The van der Waals surface area contributed by atoms with Crippen LogP contribution in [0.15, 0.2) is 0 Å². The van der Waals surface area contributed by atoms with Gasteiger partial charge in [0.05, 0.1) is 5.54 Å². The van der Waals surface area contributed by atoms with E-state index in [1.54, 1.807) is 20.8 Å². The SMILES string of the molecule is CC(C)(C)OC(=O)NC1(C(C)(C)F)CC1. The maximum Gasteiger partial charge on any atom is 0.408 e. The number of halogens is 1. The molecule has 15 heavy (non-hydrogen) atoms. The number of carbonyl (C=O) groups excluding carboxylic acids is 1. The Bertz CT molecular complexity index is 259. The summed E-state index contributed by atoms with van der Waals surface area (Å²) < 4.78 is 18.8. The van der Waals surface area contributed by atoms with Gasteiger partial charge in [0, 0.05) is 0 Å². The monoisotopic (exact) mass is 217 g/mol. The zero-order valence-electron chi connectivity index (χ0n) is 10.1. The van der Waals surface area contributed by atoms with Crippen molar-refractivity contribution in [2.24, 2.45) is 0 Å². The summed E-state index contributed by atoms with van der Waals surface area (Å²) in [6.07, 6.45) is 0.816. The number of carbonyl (C=O) groups is 1. The fourth-order valence-electron chi connectivity index (χ4n) is 1.49. The van der Waals surface area contributed by atoms with Gasteiger partial charge in [-0.2, -0.15) is 0 Å².